The molecule has 7 heteroatoms. The summed E-state index contributed by atoms with van der Waals surface area (Å²) < 4.78 is 0. The molecule has 0 saturated heterocycles. The largest absolute Gasteiger partial charge is 0.477 e. The van der Waals surface area contributed by atoms with Crippen molar-refractivity contribution in [2.75, 3.05) is 0 Å². The van der Waals surface area contributed by atoms with E-state index >= 15 is 0 Å². The predicted molar refractivity (Wildman–Crippen MR) is 121 cm³/mol. The highest BCUT2D eigenvalue weighted by Gasteiger charge is 2.15. The lowest BCUT2D eigenvalue weighted by molar-refractivity contribution is -0.132. The van der Waals surface area contributed by atoms with Crippen LogP contribution in [0.4, 0.5) is 0 Å². The van der Waals surface area contributed by atoms with Crippen LogP contribution in [-0.4, -0.2) is 22.2 Å². The summed E-state index contributed by atoms with van der Waals surface area (Å²) in [6.07, 6.45) is 3.67. The van der Waals surface area contributed by atoms with Crippen molar-refractivity contribution in [3.63, 3.8) is 0 Å². The van der Waals surface area contributed by atoms with Crippen molar-refractivity contribution in [1.82, 2.24) is 0 Å². The van der Waals surface area contributed by atoms with Crippen molar-refractivity contribution in [3.8, 4) is 0 Å². The Morgan fingerprint density at radius 3 is 2.07 bits per heavy atom. The number of thioether (sulfide) groups is 2. The lowest BCUT2D eigenvalue weighted by atomic mass is 10.1. The quantitative estimate of drug-likeness (QED) is 0.438. The molecule has 0 radical (unpaired) electrons. The van der Waals surface area contributed by atoms with E-state index in [9.17, 15) is 14.7 Å². The zero-order valence-corrected chi connectivity index (χ0v) is 18.6. The van der Waals surface area contributed by atoms with Crippen LogP contribution in [0.5, 0.6) is 0 Å². The maximum atomic E-state index is 11.6. The first kappa shape index (κ1) is 25.9. The standard InChI is InChI=1S/C19H23NO4S2.C2H6/c1-4-15(10-20)26-17(19(23)24)12(3)14-8-6-13(7-9-14)11-25-16(5-2)18(21)22;1-2/h5-10H,4,11,20H2,1-3H3,(H,21,22)(H,23,24);1-2H3/b15-10+,16-5-,17-12+;. The normalized spacial score (nSPS) is 12.6. The van der Waals surface area contributed by atoms with Crippen LogP contribution in [0.2, 0.25) is 0 Å². The molecule has 1 aromatic carbocycles. The average Bonchev–Trinajstić information content (AvgIpc) is 2.70. The number of allylic oxidation sites excluding steroid dienone is 3. The molecule has 0 aliphatic rings. The Morgan fingerprint density at radius 1 is 1.11 bits per heavy atom. The molecule has 1 aromatic rings. The predicted octanol–water partition coefficient (Wildman–Crippen LogP) is 5.69. The van der Waals surface area contributed by atoms with E-state index in [1.54, 1.807) is 19.9 Å². The third kappa shape index (κ3) is 8.27. The van der Waals surface area contributed by atoms with Crippen LogP contribution in [0.1, 0.15) is 52.2 Å². The summed E-state index contributed by atoms with van der Waals surface area (Å²) in [5.74, 6) is -1.39. The number of hydrogen-bond acceptors (Lipinski definition) is 5. The Morgan fingerprint density at radius 2 is 1.68 bits per heavy atom. The lowest BCUT2D eigenvalue weighted by Crippen LogP contribution is -2.01. The summed E-state index contributed by atoms with van der Waals surface area (Å²) in [4.78, 5) is 24.0. The number of carboxylic acids is 2. The fourth-order valence-electron chi connectivity index (χ4n) is 2.05. The maximum Gasteiger partial charge on any atom is 0.342 e. The second kappa shape index (κ2) is 14.0. The van der Waals surface area contributed by atoms with Crippen molar-refractivity contribution in [1.29, 1.82) is 0 Å². The number of aliphatic carboxylic acids is 2. The molecule has 0 saturated carbocycles. The summed E-state index contributed by atoms with van der Waals surface area (Å²) in [6, 6.07) is 7.46. The van der Waals surface area contributed by atoms with Crippen LogP contribution >= 0.6 is 23.5 Å². The maximum absolute atomic E-state index is 11.6. The molecule has 154 valence electrons. The van der Waals surface area contributed by atoms with Gasteiger partial charge in [0.1, 0.15) is 4.91 Å². The molecule has 0 aromatic heterocycles. The second-order valence-electron chi connectivity index (χ2n) is 5.29. The average molecular weight is 424 g/mol. The number of hydrogen-bond donors (Lipinski definition) is 3. The van der Waals surface area contributed by atoms with Crippen molar-refractivity contribution in [2.24, 2.45) is 5.73 Å². The van der Waals surface area contributed by atoms with Crippen LogP contribution in [-0.2, 0) is 15.3 Å². The van der Waals surface area contributed by atoms with E-state index < -0.39 is 11.9 Å². The molecule has 0 atom stereocenters. The molecule has 0 aliphatic heterocycles. The van der Waals surface area contributed by atoms with Crippen LogP contribution in [0.3, 0.4) is 0 Å². The van der Waals surface area contributed by atoms with Crippen LogP contribution in [0.25, 0.3) is 5.57 Å². The second-order valence-corrected chi connectivity index (χ2v) is 7.45. The van der Waals surface area contributed by atoms with E-state index in [0.29, 0.717) is 22.7 Å². The highest BCUT2D eigenvalue weighted by molar-refractivity contribution is 8.07. The zero-order chi connectivity index (χ0) is 21.7. The molecule has 0 bridgehead atoms. The minimum atomic E-state index is -0.987. The highest BCUT2D eigenvalue weighted by atomic mass is 32.2. The van der Waals surface area contributed by atoms with Crippen molar-refractivity contribution in [2.45, 2.75) is 46.8 Å². The van der Waals surface area contributed by atoms with Gasteiger partial charge in [0.15, 0.2) is 0 Å². The molecule has 0 heterocycles. The SMILES string of the molecule is C/C=C(\SCc1ccc(/C(C)=C(/S/C(=C/N)CC)C(=O)O)cc1)C(=O)O.CC. The van der Waals surface area contributed by atoms with E-state index in [1.807, 2.05) is 45.0 Å². The van der Waals surface area contributed by atoms with E-state index in [-0.39, 0.29) is 4.91 Å². The van der Waals surface area contributed by atoms with Gasteiger partial charge in [0.25, 0.3) is 0 Å². The summed E-state index contributed by atoms with van der Waals surface area (Å²) >= 11 is 2.42. The fourth-order valence-corrected chi connectivity index (χ4v) is 3.69. The summed E-state index contributed by atoms with van der Waals surface area (Å²) in [5, 5.41) is 18.5. The first-order valence-electron chi connectivity index (χ1n) is 8.98. The molecule has 5 nitrogen and oxygen atoms in total. The lowest BCUT2D eigenvalue weighted by Gasteiger charge is -2.10. The Balaban J connectivity index is 0.00000352. The van der Waals surface area contributed by atoms with Crippen molar-refractivity contribution < 1.29 is 19.8 Å². The van der Waals surface area contributed by atoms with Gasteiger partial charge >= 0.3 is 11.9 Å². The molecular formula is C21H29NO4S2. The van der Waals surface area contributed by atoms with Gasteiger partial charge in [-0.05, 0) is 37.0 Å². The smallest absolute Gasteiger partial charge is 0.342 e. The molecule has 28 heavy (non-hydrogen) atoms. The van der Waals surface area contributed by atoms with Crippen LogP contribution < -0.4 is 5.73 Å². The third-order valence-corrected chi connectivity index (χ3v) is 6.13. The summed E-state index contributed by atoms with van der Waals surface area (Å²) in [5.41, 5.74) is 7.97. The minimum absolute atomic E-state index is 0.243. The summed E-state index contributed by atoms with van der Waals surface area (Å²) in [6.45, 7) is 9.38. The molecule has 0 spiro atoms. The zero-order valence-electron chi connectivity index (χ0n) is 17.0. The Labute approximate surface area is 175 Å². The monoisotopic (exact) mass is 423 g/mol. The molecule has 1 rings (SSSR count). The fraction of sp³-hybridized carbons (Fsp3) is 0.333. The van der Waals surface area contributed by atoms with E-state index in [0.717, 1.165) is 27.8 Å². The molecule has 4 N–H and O–H groups in total. The molecular weight excluding hydrogens is 394 g/mol. The van der Waals surface area contributed by atoms with E-state index in [4.69, 9.17) is 10.8 Å². The first-order valence-corrected chi connectivity index (χ1v) is 10.8. The van der Waals surface area contributed by atoms with E-state index in [1.165, 1.54) is 18.0 Å². The first-order chi connectivity index (χ1) is 13.3. The van der Waals surface area contributed by atoms with Crippen molar-refractivity contribution in [3.05, 3.63) is 62.4 Å². The van der Waals surface area contributed by atoms with Gasteiger partial charge in [0, 0.05) is 16.9 Å². The van der Waals surface area contributed by atoms with Gasteiger partial charge in [-0.1, -0.05) is 62.9 Å². The van der Waals surface area contributed by atoms with Gasteiger partial charge in [-0.2, -0.15) is 0 Å². The number of carboxylic acid groups (broad SMARTS) is 2. The Bertz CT molecular complexity index is 750. The molecule has 0 fully saturated rings. The summed E-state index contributed by atoms with van der Waals surface area (Å²) in [7, 11) is 0. The highest BCUT2D eigenvalue weighted by Crippen LogP contribution is 2.33. The minimum Gasteiger partial charge on any atom is -0.477 e. The topological polar surface area (TPSA) is 101 Å². The van der Waals surface area contributed by atoms with Gasteiger partial charge in [0.05, 0.1) is 4.91 Å². The van der Waals surface area contributed by atoms with Crippen molar-refractivity contribution >= 4 is 41.0 Å². The van der Waals surface area contributed by atoms with Gasteiger partial charge in [-0.15, -0.1) is 11.8 Å². The number of nitrogens with two attached hydrogens (primary N) is 1. The molecule has 0 unspecified atom stereocenters. The van der Waals surface area contributed by atoms with E-state index in [2.05, 4.69) is 0 Å². The van der Waals surface area contributed by atoms with Gasteiger partial charge in [-0.25, -0.2) is 9.59 Å². The van der Waals surface area contributed by atoms with Gasteiger partial charge < -0.3 is 15.9 Å². The molecule has 0 amide bonds. The number of benzene rings is 1. The molecule has 0 aliphatic carbocycles. The Hall–Kier alpha value is -2.12. The van der Waals surface area contributed by atoms with Crippen LogP contribution in [0.15, 0.2) is 51.3 Å². The van der Waals surface area contributed by atoms with Crippen LogP contribution in [0, 0.1) is 0 Å². The number of carbonyl (C=O) groups is 2. The van der Waals surface area contributed by atoms with Gasteiger partial charge in [-0.3, -0.25) is 0 Å². The van der Waals surface area contributed by atoms with Gasteiger partial charge in [0.2, 0.25) is 0 Å². The Kier molecular flexibility index (Phi) is 12.9. The third-order valence-electron chi connectivity index (χ3n) is 3.56. The number of rotatable bonds is 9.